The van der Waals surface area contributed by atoms with Crippen LogP contribution >= 0.6 is 0 Å². The lowest BCUT2D eigenvalue weighted by Crippen LogP contribution is -2.13. The first-order valence-electron chi connectivity index (χ1n) is 5.15. The van der Waals surface area contributed by atoms with Gasteiger partial charge in [-0.05, 0) is 28.7 Å². The first-order chi connectivity index (χ1) is 7.08. The Morgan fingerprint density at radius 2 is 1.75 bits per heavy atom. The lowest BCUT2D eigenvalue weighted by atomic mass is 9.86. The minimum absolute atomic E-state index is 0.0262. The zero-order chi connectivity index (χ0) is 12.6. The molecule has 1 aromatic rings. The van der Waals surface area contributed by atoms with Crippen molar-refractivity contribution in [1.29, 1.82) is 0 Å². The largest absolute Gasteiger partial charge is 0.399 e. The summed E-state index contributed by atoms with van der Waals surface area (Å²) in [5.74, 6) is 0.0428. The Kier molecular flexibility index (Phi) is 3.33. The van der Waals surface area contributed by atoms with E-state index in [1.807, 2.05) is 12.1 Å². The molecule has 0 radical (unpaired) electrons. The summed E-state index contributed by atoms with van der Waals surface area (Å²) in [5, 5.41) is 0. The number of anilines is 1. The van der Waals surface area contributed by atoms with E-state index in [2.05, 4.69) is 20.8 Å². The zero-order valence-corrected chi connectivity index (χ0v) is 11.1. The Bertz CT molecular complexity index is 484. The molecule has 4 heteroatoms. The van der Waals surface area contributed by atoms with Crippen LogP contribution in [-0.2, 0) is 21.0 Å². The number of hydrogen-bond donors (Lipinski definition) is 1. The molecule has 2 N–H and O–H groups in total. The molecule has 0 bridgehead atoms. The van der Waals surface area contributed by atoms with Crippen LogP contribution in [0, 0.1) is 0 Å². The fourth-order valence-corrected chi connectivity index (χ4v) is 2.31. The lowest BCUT2D eigenvalue weighted by molar-refractivity contribution is 0.588. The van der Waals surface area contributed by atoms with Crippen molar-refractivity contribution >= 4 is 15.5 Å². The maximum Gasteiger partial charge on any atom is 0.151 e. The number of hydrogen-bond acceptors (Lipinski definition) is 3. The summed E-state index contributed by atoms with van der Waals surface area (Å²) in [5.41, 5.74) is 8.19. The van der Waals surface area contributed by atoms with E-state index in [0.717, 1.165) is 11.1 Å². The molecule has 1 aromatic carbocycles. The Balaban J connectivity index is 3.19. The fraction of sp³-hybridized carbons (Fsp3) is 0.500. The topological polar surface area (TPSA) is 60.2 Å². The average Bonchev–Trinajstić information content (AvgIpc) is 1.97. The molecule has 0 fully saturated rings. The Hall–Kier alpha value is -1.03. The average molecular weight is 241 g/mol. The summed E-state index contributed by atoms with van der Waals surface area (Å²) in [6.45, 7) is 6.23. The molecule has 0 saturated heterocycles. The molecule has 0 saturated carbocycles. The highest BCUT2D eigenvalue weighted by atomic mass is 32.2. The van der Waals surface area contributed by atoms with Gasteiger partial charge in [-0.1, -0.05) is 26.8 Å². The van der Waals surface area contributed by atoms with E-state index in [0.29, 0.717) is 5.69 Å². The molecule has 0 aromatic heterocycles. The molecule has 0 unspecified atom stereocenters. The van der Waals surface area contributed by atoms with Gasteiger partial charge in [-0.15, -0.1) is 0 Å². The van der Waals surface area contributed by atoms with Crippen molar-refractivity contribution in [1.82, 2.24) is 0 Å². The summed E-state index contributed by atoms with van der Waals surface area (Å²) in [6, 6.07) is 5.53. The quantitative estimate of drug-likeness (QED) is 0.807. The van der Waals surface area contributed by atoms with E-state index in [4.69, 9.17) is 5.73 Å². The monoisotopic (exact) mass is 241 g/mol. The molecule has 3 nitrogen and oxygen atoms in total. The van der Waals surface area contributed by atoms with Gasteiger partial charge in [-0.25, -0.2) is 8.42 Å². The Labute approximate surface area is 97.6 Å². The second kappa shape index (κ2) is 4.09. The van der Waals surface area contributed by atoms with E-state index in [9.17, 15) is 8.42 Å². The van der Waals surface area contributed by atoms with Gasteiger partial charge in [0.25, 0.3) is 0 Å². The van der Waals surface area contributed by atoms with Crippen LogP contribution in [0.4, 0.5) is 5.69 Å². The molecule has 90 valence electrons. The predicted octanol–water partition coefficient (Wildman–Crippen LogP) is 2.11. The molecular weight excluding hydrogens is 222 g/mol. The third-order valence-electron chi connectivity index (χ3n) is 2.31. The van der Waals surface area contributed by atoms with Crippen LogP contribution in [0.1, 0.15) is 31.9 Å². The number of rotatable bonds is 2. The zero-order valence-electron chi connectivity index (χ0n) is 10.2. The molecular formula is C12H19NO2S. The SMILES string of the molecule is CC(C)(C)c1cc(N)cc(CS(C)(=O)=O)c1. The summed E-state index contributed by atoms with van der Waals surface area (Å²) in [6.07, 6.45) is 1.23. The van der Waals surface area contributed by atoms with E-state index < -0.39 is 9.84 Å². The molecule has 0 spiro atoms. The second-order valence-electron chi connectivity index (χ2n) is 5.28. The molecule has 0 heterocycles. The number of sulfone groups is 1. The second-order valence-corrected chi connectivity index (χ2v) is 7.42. The first kappa shape index (κ1) is 13.0. The van der Waals surface area contributed by atoms with Gasteiger partial charge in [-0.3, -0.25) is 0 Å². The highest BCUT2D eigenvalue weighted by Crippen LogP contribution is 2.26. The third kappa shape index (κ3) is 3.85. The number of nitrogen functional groups attached to an aromatic ring is 1. The van der Waals surface area contributed by atoms with Gasteiger partial charge >= 0.3 is 0 Å². The van der Waals surface area contributed by atoms with Crippen LogP contribution in [0.5, 0.6) is 0 Å². The van der Waals surface area contributed by atoms with Crippen molar-refractivity contribution in [3.63, 3.8) is 0 Å². The maximum atomic E-state index is 11.2. The number of benzene rings is 1. The van der Waals surface area contributed by atoms with Crippen molar-refractivity contribution in [2.75, 3.05) is 12.0 Å². The normalized spacial score (nSPS) is 12.8. The van der Waals surface area contributed by atoms with Gasteiger partial charge in [0, 0.05) is 11.9 Å². The van der Waals surface area contributed by atoms with Crippen LogP contribution in [0.25, 0.3) is 0 Å². The van der Waals surface area contributed by atoms with Crippen molar-refractivity contribution < 1.29 is 8.42 Å². The summed E-state index contributed by atoms with van der Waals surface area (Å²) >= 11 is 0. The van der Waals surface area contributed by atoms with Crippen molar-refractivity contribution in [3.8, 4) is 0 Å². The van der Waals surface area contributed by atoms with Gasteiger partial charge in [0.1, 0.15) is 0 Å². The minimum Gasteiger partial charge on any atom is -0.399 e. The van der Waals surface area contributed by atoms with E-state index >= 15 is 0 Å². The molecule has 1 rings (SSSR count). The third-order valence-corrected chi connectivity index (χ3v) is 3.17. The Morgan fingerprint density at radius 3 is 2.19 bits per heavy atom. The number of nitrogens with two attached hydrogens (primary N) is 1. The first-order valence-corrected chi connectivity index (χ1v) is 7.22. The summed E-state index contributed by atoms with van der Waals surface area (Å²) in [4.78, 5) is 0. The highest BCUT2D eigenvalue weighted by Gasteiger charge is 2.16. The van der Waals surface area contributed by atoms with E-state index in [-0.39, 0.29) is 11.2 Å². The van der Waals surface area contributed by atoms with E-state index in [1.165, 1.54) is 6.26 Å². The molecule has 0 aliphatic rings. The van der Waals surface area contributed by atoms with Gasteiger partial charge in [0.2, 0.25) is 0 Å². The summed E-state index contributed by atoms with van der Waals surface area (Å²) < 4.78 is 22.5. The van der Waals surface area contributed by atoms with Crippen LogP contribution < -0.4 is 5.73 Å². The van der Waals surface area contributed by atoms with Crippen LogP contribution in [0.3, 0.4) is 0 Å². The summed E-state index contributed by atoms with van der Waals surface area (Å²) in [7, 11) is -3.01. The van der Waals surface area contributed by atoms with E-state index in [1.54, 1.807) is 6.07 Å². The smallest absolute Gasteiger partial charge is 0.151 e. The minimum atomic E-state index is -3.01. The van der Waals surface area contributed by atoms with Crippen molar-refractivity contribution in [2.45, 2.75) is 31.9 Å². The molecule has 0 atom stereocenters. The van der Waals surface area contributed by atoms with Crippen molar-refractivity contribution in [3.05, 3.63) is 29.3 Å². The van der Waals surface area contributed by atoms with Crippen LogP contribution in [0.2, 0.25) is 0 Å². The van der Waals surface area contributed by atoms with Gasteiger partial charge in [0.15, 0.2) is 9.84 Å². The van der Waals surface area contributed by atoms with Crippen LogP contribution in [-0.4, -0.2) is 14.7 Å². The standard InChI is InChI=1S/C12H19NO2S/c1-12(2,3)10-5-9(6-11(13)7-10)8-16(4,14)15/h5-7H,8,13H2,1-4H3. The molecule has 0 amide bonds. The van der Waals surface area contributed by atoms with Crippen LogP contribution in [0.15, 0.2) is 18.2 Å². The Morgan fingerprint density at radius 1 is 1.19 bits per heavy atom. The van der Waals surface area contributed by atoms with Gasteiger partial charge in [-0.2, -0.15) is 0 Å². The van der Waals surface area contributed by atoms with Gasteiger partial charge < -0.3 is 5.73 Å². The highest BCUT2D eigenvalue weighted by molar-refractivity contribution is 7.89. The molecule has 16 heavy (non-hydrogen) atoms. The predicted molar refractivity (Wildman–Crippen MR) is 68.1 cm³/mol. The molecule has 0 aliphatic heterocycles. The fourth-order valence-electron chi connectivity index (χ4n) is 1.54. The van der Waals surface area contributed by atoms with Gasteiger partial charge in [0.05, 0.1) is 5.75 Å². The van der Waals surface area contributed by atoms with Crippen molar-refractivity contribution in [2.24, 2.45) is 0 Å². The maximum absolute atomic E-state index is 11.2. The lowest BCUT2D eigenvalue weighted by Gasteiger charge is -2.20. The molecule has 0 aliphatic carbocycles.